The molecule has 3 nitrogen and oxygen atoms in total. The van der Waals surface area contributed by atoms with E-state index >= 15 is 0 Å². The van der Waals surface area contributed by atoms with Gasteiger partial charge in [-0.15, -0.1) is 0 Å². The van der Waals surface area contributed by atoms with Crippen LogP contribution >= 0.6 is 0 Å². The number of alkyl halides is 3. The van der Waals surface area contributed by atoms with E-state index < -0.39 is 11.7 Å². The van der Waals surface area contributed by atoms with Gasteiger partial charge in [0.1, 0.15) is 0 Å². The van der Waals surface area contributed by atoms with Gasteiger partial charge in [0.15, 0.2) is 0 Å². The van der Waals surface area contributed by atoms with E-state index in [9.17, 15) is 18.0 Å². The van der Waals surface area contributed by atoms with Crippen LogP contribution in [0.25, 0.3) is 0 Å². The van der Waals surface area contributed by atoms with Gasteiger partial charge in [-0.2, -0.15) is 13.2 Å². The average Bonchev–Trinajstić information content (AvgIpc) is 2.34. The van der Waals surface area contributed by atoms with Gasteiger partial charge >= 0.3 is 6.18 Å². The Kier molecular flexibility index (Phi) is 4.72. The molecular weight excluding hydrogens is 245 g/mol. The zero-order chi connectivity index (χ0) is 13.8. The van der Waals surface area contributed by atoms with Crippen LogP contribution < -0.4 is 5.73 Å². The summed E-state index contributed by atoms with van der Waals surface area (Å²) >= 11 is 0. The molecule has 0 heterocycles. The molecule has 6 heteroatoms. The summed E-state index contributed by atoms with van der Waals surface area (Å²) in [5, 5.41) is 0. The highest BCUT2D eigenvalue weighted by atomic mass is 19.4. The third-order valence-electron chi connectivity index (χ3n) is 2.53. The summed E-state index contributed by atoms with van der Waals surface area (Å²) in [6.07, 6.45) is -4.39. The van der Waals surface area contributed by atoms with Crippen LogP contribution in [0.2, 0.25) is 0 Å². The number of likely N-dealkylation sites (N-methyl/N-ethyl adjacent to an activating group) is 1. The van der Waals surface area contributed by atoms with E-state index in [0.29, 0.717) is 19.6 Å². The topological polar surface area (TPSA) is 46.3 Å². The number of hydrogen-bond donors (Lipinski definition) is 1. The molecule has 0 fully saturated rings. The van der Waals surface area contributed by atoms with E-state index in [2.05, 4.69) is 0 Å². The minimum absolute atomic E-state index is 0.235. The zero-order valence-electron chi connectivity index (χ0n) is 10.00. The summed E-state index contributed by atoms with van der Waals surface area (Å²) in [4.78, 5) is 13.4. The maximum absolute atomic E-state index is 12.4. The second-order valence-corrected chi connectivity index (χ2v) is 3.75. The highest BCUT2D eigenvalue weighted by Gasteiger charge is 2.30. The molecule has 100 valence electrons. The van der Waals surface area contributed by atoms with Crippen molar-refractivity contribution in [2.24, 2.45) is 5.73 Å². The van der Waals surface area contributed by atoms with Gasteiger partial charge in [0.05, 0.1) is 5.56 Å². The Balaban J connectivity index is 2.88. The summed E-state index contributed by atoms with van der Waals surface area (Å²) in [6, 6.07) is 4.18. The maximum atomic E-state index is 12.4. The predicted octanol–water partition coefficient (Wildman–Crippen LogP) is 2.13. The van der Waals surface area contributed by atoms with Crippen molar-refractivity contribution in [3.63, 3.8) is 0 Å². The SMILES string of the molecule is CCN(CCN)C(=O)c1ccc(C(F)(F)F)cc1. The first-order valence-electron chi connectivity index (χ1n) is 5.56. The van der Waals surface area contributed by atoms with Crippen molar-refractivity contribution in [2.45, 2.75) is 13.1 Å². The van der Waals surface area contributed by atoms with E-state index in [1.165, 1.54) is 17.0 Å². The van der Waals surface area contributed by atoms with Gasteiger partial charge in [-0.3, -0.25) is 4.79 Å². The fraction of sp³-hybridized carbons (Fsp3) is 0.417. The Bertz CT molecular complexity index is 401. The minimum Gasteiger partial charge on any atom is -0.338 e. The molecule has 18 heavy (non-hydrogen) atoms. The number of nitrogens with zero attached hydrogens (tertiary/aromatic N) is 1. The van der Waals surface area contributed by atoms with Crippen LogP contribution in [-0.4, -0.2) is 30.4 Å². The second kappa shape index (κ2) is 5.86. The monoisotopic (exact) mass is 260 g/mol. The summed E-state index contributed by atoms with van der Waals surface area (Å²) < 4.78 is 37.1. The van der Waals surface area contributed by atoms with E-state index in [0.717, 1.165) is 12.1 Å². The van der Waals surface area contributed by atoms with Gasteiger partial charge in [0.25, 0.3) is 5.91 Å². The van der Waals surface area contributed by atoms with Crippen LogP contribution in [0.15, 0.2) is 24.3 Å². The van der Waals surface area contributed by atoms with Crippen molar-refractivity contribution < 1.29 is 18.0 Å². The first-order valence-corrected chi connectivity index (χ1v) is 5.56. The lowest BCUT2D eigenvalue weighted by Gasteiger charge is -2.20. The largest absolute Gasteiger partial charge is 0.416 e. The minimum atomic E-state index is -4.39. The lowest BCUT2D eigenvalue weighted by molar-refractivity contribution is -0.137. The molecule has 1 amide bonds. The van der Waals surface area contributed by atoms with E-state index in [1.54, 1.807) is 6.92 Å². The molecule has 1 aromatic rings. The van der Waals surface area contributed by atoms with Gasteiger partial charge in [-0.1, -0.05) is 0 Å². The lowest BCUT2D eigenvalue weighted by atomic mass is 10.1. The van der Waals surface area contributed by atoms with Crippen molar-refractivity contribution in [3.8, 4) is 0 Å². The van der Waals surface area contributed by atoms with Gasteiger partial charge < -0.3 is 10.6 Å². The number of benzene rings is 1. The van der Waals surface area contributed by atoms with Gasteiger partial charge in [0.2, 0.25) is 0 Å². The third-order valence-corrected chi connectivity index (χ3v) is 2.53. The first kappa shape index (κ1) is 14.5. The molecule has 0 aliphatic carbocycles. The number of hydrogen-bond acceptors (Lipinski definition) is 2. The number of nitrogens with two attached hydrogens (primary N) is 1. The first-order chi connectivity index (χ1) is 8.40. The lowest BCUT2D eigenvalue weighted by Crippen LogP contribution is -2.35. The standard InChI is InChI=1S/C12H15F3N2O/c1-2-17(8-7-16)11(18)9-3-5-10(6-4-9)12(13,14)15/h3-6H,2,7-8,16H2,1H3. The molecule has 0 bridgehead atoms. The van der Waals surface area contributed by atoms with Crippen molar-refractivity contribution >= 4 is 5.91 Å². The smallest absolute Gasteiger partial charge is 0.338 e. The molecule has 0 aliphatic heterocycles. The normalized spacial score (nSPS) is 11.4. The molecule has 0 radical (unpaired) electrons. The summed E-state index contributed by atoms with van der Waals surface area (Å²) in [5.41, 5.74) is 4.83. The quantitative estimate of drug-likeness (QED) is 0.901. The molecule has 1 aromatic carbocycles. The Morgan fingerprint density at radius 3 is 2.22 bits per heavy atom. The van der Waals surface area contributed by atoms with Crippen LogP contribution in [0.4, 0.5) is 13.2 Å². The van der Waals surface area contributed by atoms with Crippen LogP contribution in [0.1, 0.15) is 22.8 Å². The molecule has 0 atom stereocenters. The van der Waals surface area contributed by atoms with Crippen molar-refractivity contribution in [1.29, 1.82) is 0 Å². The van der Waals surface area contributed by atoms with Crippen LogP contribution in [0.5, 0.6) is 0 Å². The van der Waals surface area contributed by atoms with Gasteiger partial charge in [-0.25, -0.2) is 0 Å². The van der Waals surface area contributed by atoms with Crippen LogP contribution in [-0.2, 0) is 6.18 Å². The zero-order valence-corrected chi connectivity index (χ0v) is 10.00. The van der Waals surface area contributed by atoms with E-state index in [-0.39, 0.29) is 11.5 Å². The third kappa shape index (κ3) is 3.46. The molecule has 0 aliphatic rings. The van der Waals surface area contributed by atoms with Crippen LogP contribution in [0, 0.1) is 0 Å². The molecule has 0 aromatic heterocycles. The Morgan fingerprint density at radius 2 is 1.83 bits per heavy atom. The van der Waals surface area contributed by atoms with Gasteiger partial charge in [-0.05, 0) is 31.2 Å². The summed E-state index contributed by atoms with van der Waals surface area (Å²) in [6.45, 7) is 2.96. The summed E-state index contributed by atoms with van der Waals surface area (Å²) in [7, 11) is 0. The number of halogens is 3. The Hall–Kier alpha value is -1.56. The Morgan fingerprint density at radius 1 is 1.28 bits per heavy atom. The molecule has 0 saturated carbocycles. The van der Waals surface area contributed by atoms with Crippen molar-refractivity contribution in [2.75, 3.05) is 19.6 Å². The number of rotatable bonds is 4. The van der Waals surface area contributed by atoms with E-state index in [4.69, 9.17) is 5.73 Å². The van der Waals surface area contributed by atoms with Crippen LogP contribution in [0.3, 0.4) is 0 Å². The summed E-state index contributed by atoms with van der Waals surface area (Å²) in [5.74, 6) is -0.309. The molecule has 0 spiro atoms. The second-order valence-electron chi connectivity index (χ2n) is 3.75. The van der Waals surface area contributed by atoms with Crippen molar-refractivity contribution in [3.05, 3.63) is 35.4 Å². The molecule has 0 saturated heterocycles. The molecule has 0 unspecified atom stereocenters. The maximum Gasteiger partial charge on any atom is 0.416 e. The number of carbonyl (C=O) groups excluding carboxylic acids is 1. The predicted molar refractivity (Wildman–Crippen MR) is 62.1 cm³/mol. The fourth-order valence-electron chi connectivity index (χ4n) is 1.54. The Labute approximate surface area is 103 Å². The van der Waals surface area contributed by atoms with E-state index in [1.807, 2.05) is 0 Å². The molecule has 1 rings (SSSR count). The van der Waals surface area contributed by atoms with Gasteiger partial charge in [0, 0.05) is 25.2 Å². The fourth-order valence-corrected chi connectivity index (χ4v) is 1.54. The highest BCUT2D eigenvalue weighted by Crippen LogP contribution is 2.29. The molecule has 2 N–H and O–H groups in total. The molecular formula is C12H15F3N2O. The number of amides is 1. The number of carbonyl (C=O) groups is 1. The average molecular weight is 260 g/mol. The van der Waals surface area contributed by atoms with Crippen molar-refractivity contribution in [1.82, 2.24) is 4.90 Å². The highest BCUT2D eigenvalue weighted by molar-refractivity contribution is 5.94.